The molecule has 0 spiro atoms. The van der Waals surface area contributed by atoms with Gasteiger partial charge in [0.2, 0.25) is 0 Å². The number of fused-ring (bicyclic) bond motifs is 5. The van der Waals surface area contributed by atoms with Crippen LogP contribution in [0, 0.1) is 28.6 Å². The summed E-state index contributed by atoms with van der Waals surface area (Å²) >= 11 is 0. The minimum atomic E-state index is -0.288. The molecule has 3 saturated carbocycles. The highest BCUT2D eigenvalue weighted by Crippen LogP contribution is 2.63. The van der Waals surface area contributed by atoms with Gasteiger partial charge in [0.15, 0.2) is 0 Å². The molecule has 4 nitrogen and oxygen atoms in total. The molecule has 3 fully saturated rings. The molecule has 0 aromatic rings. The number of carbonyl (C=O) groups excluding carboxylic acids is 3. The molecule has 4 aliphatic carbocycles. The zero-order valence-electron chi connectivity index (χ0n) is 27.7. The van der Waals surface area contributed by atoms with Gasteiger partial charge in [-0.3, -0.25) is 14.4 Å². The fourth-order valence-electron chi connectivity index (χ4n) is 8.92. The Morgan fingerprint density at radius 1 is 0.814 bits per heavy atom. The first-order valence-corrected chi connectivity index (χ1v) is 18.1. The van der Waals surface area contributed by atoms with Crippen LogP contribution in [0.15, 0.2) is 36.0 Å². The standard InChI is InChI=1S/C39H60O4/c1-4-5-6-7-8-9-10-11-12-13-14-15-16-17-18-19-20-21-36(42)43-31-24-26-38(2)30(28-31)29-34(40)37-32-22-23-35(41)39(32,3)27-25-33(37)38/h8-9,11-12,28,31-33,37H,4-7,10,13-27,29H2,1-3H3/t31-,32?,33?,37?,38-,39-/m0/s1. The first-order chi connectivity index (χ1) is 20.8. The maximum atomic E-state index is 13.5. The fourth-order valence-corrected chi connectivity index (χ4v) is 8.92. The lowest BCUT2D eigenvalue weighted by atomic mass is 9.47. The van der Waals surface area contributed by atoms with E-state index in [0.717, 1.165) is 51.4 Å². The Bertz CT molecular complexity index is 1040. The molecular weight excluding hydrogens is 532 g/mol. The number of unbranched alkanes of at least 4 members (excludes halogenated alkanes) is 10. The van der Waals surface area contributed by atoms with E-state index < -0.39 is 0 Å². The number of ketones is 2. The zero-order chi connectivity index (χ0) is 30.7. The third-order valence-electron chi connectivity index (χ3n) is 11.7. The Labute approximate surface area is 262 Å². The average Bonchev–Trinajstić information content (AvgIpc) is 3.29. The Kier molecular flexibility index (Phi) is 12.9. The lowest BCUT2D eigenvalue weighted by molar-refractivity contribution is -0.149. The number of esters is 1. The van der Waals surface area contributed by atoms with Crippen molar-refractivity contribution in [2.75, 3.05) is 0 Å². The van der Waals surface area contributed by atoms with Crippen LogP contribution in [-0.4, -0.2) is 23.6 Å². The van der Waals surface area contributed by atoms with E-state index in [1.165, 1.54) is 69.8 Å². The smallest absolute Gasteiger partial charge is 0.306 e. The van der Waals surface area contributed by atoms with Gasteiger partial charge in [-0.25, -0.2) is 0 Å². The van der Waals surface area contributed by atoms with Gasteiger partial charge < -0.3 is 4.74 Å². The number of rotatable bonds is 17. The molecule has 0 heterocycles. The summed E-state index contributed by atoms with van der Waals surface area (Å²) in [5.41, 5.74) is 0.903. The second kappa shape index (κ2) is 16.4. The third-order valence-corrected chi connectivity index (χ3v) is 11.7. The molecule has 4 rings (SSSR count). The van der Waals surface area contributed by atoms with Crippen molar-refractivity contribution in [3.63, 3.8) is 0 Å². The summed E-state index contributed by atoms with van der Waals surface area (Å²) in [6, 6.07) is 0. The van der Waals surface area contributed by atoms with Crippen LogP contribution >= 0.6 is 0 Å². The van der Waals surface area contributed by atoms with Crippen molar-refractivity contribution in [1.29, 1.82) is 0 Å². The van der Waals surface area contributed by atoms with E-state index in [1.54, 1.807) is 0 Å². The van der Waals surface area contributed by atoms with Gasteiger partial charge in [0.05, 0.1) is 0 Å². The van der Waals surface area contributed by atoms with Gasteiger partial charge in [0, 0.05) is 30.6 Å². The highest BCUT2D eigenvalue weighted by atomic mass is 16.5. The molecule has 4 aliphatic rings. The number of allylic oxidation sites excluding steroid dienone is 5. The molecule has 0 N–H and O–H groups in total. The third kappa shape index (κ3) is 8.60. The Morgan fingerprint density at radius 3 is 2.16 bits per heavy atom. The molecule has 240 valence electrons. The molecule has 0 radical (unpaired) electrons. The Morgan fingerprint density at radius 2 is 1.44 bits per heavy atom. The first kappa shape index (κ1) is 33.9. The largest absolute Gasteiger partial charge is 0.458 e. The molecule has 0 bridgehead atoms. The second-order valence-corrected chi connectivity index (χ2v) is 14.7. The molecular formula is C39H60O4. The van der Waals surface area contributed by atoms with Gasteiger partial charge in [-0.1, -0.05) is 95.6 Å². The topological polar surface area (TPSA) is 60.4 Å². The lowest BCUT2D eigenvalue weighted by Crippen LogP contribution is -2.54. The Balaban J connectivity index is 1.07. The van der Waals surface area contributed by atoms with Crippen molar-refractivity contribution in [3.05, 3.63) is 36.0 Å². The van der Waals surface area contributed by atoms with Crippen molar-refractivity contribution in [3.8, 4) is 0 Å². The van der Waals surface area contributed by atoms with Gasteiger partial charge in [-0.2, -0.15) is 0 Å². The molecule has 6 atom stereocenters. The predicted molar refractivity (Wildman–Crippen MR) is 176 cm³/mol. The van der Waals surface area contributed by atoms with Crippen LogP contribution in [-0.2, 0) is 19.1 Å². The Hall–Kier alpha value is -1.97. The SMILES string of the molecule is CCCCCC=CCC=CCCCCCCCCCC(=O)O[C@@H]1C=C2CC(=O)C3C(CC[C@]4(C)C(=O)CCC34)[C@@]2(C)CC1. The lowest BCUT2D eigenvalue weighted by Gasteiger charge is -2.56. The van der Waals surface area contributed by atoms with Crippen LogP contribution < -0.4 is 0 Å². The van der Waals surface area contributed by atoms with Crippen molar-refractivity contribution < 1.29 is 19.1 Å². The van der Waals surface area contributed by atoms with Crippen LogP contribution in [0.5, 0.6) is 0 Å². The van der Waals surface area contributed by atoms with Gasteiger partial charge in [0.25, 0.3) is 0 Å². The summed E-state index contributed by atoms with van der Waals surface area (Å²) in [5.74, 6) is 1.18. The summed E-state index contributed by atoms with van der Waals surface area (Å²) in [6.45, 7) is 6.71. The van der Waals surface area contributed by atoms with Crippen LogP contribution in [0.25, 0.3) is 0 Å². The number of Topliss-reactive ketones (excluding diaryl/α,β-unsaturated/α-hetero) is 2. The summed E-state index contributed by atoms with van der Waals surface area (Å²) in [4.78, 5) is 38.8. The van der Waals surface area contributed by atoms with E-state index in [0.29, 0.717) is 36.7 Å². The monoisotopic (exact) mass is 592 g/mol. The fraction of sp³-hybridized carbons (Fsp3) is 0.769. The van der Waals surface area contributed by atoms with Crippen LogP contribution in [0.4, 0.5) is 0 Å². The number of ether oxygens (including phenoxy) is 1. The van der Waals surface area contributed by atoms with E-state index in [2.05, 4.69) is 51.2 Å². The van der Waals surface area contributed by atoms with Gasteiger partial charge in [-0.05, 0) is 94.0 Å². The summed E-state index contributed by atoms with van der Waals surface area (Å²) in [6.07, 6.45) is 33.0. The maximum absolute atomic E-state index is 13.5. The van der Waals surface area contributed by atoms with Crippen LogP contribution in [0.3, 0.4) is 0 Å². The molecule has 0 saturated heterocycles. The van der Waals surface area contributed by atoms with Gasteiger partial charge >= 0.3 is 5.97 Å². The van der Waals surface area contributed by atoms with Crippen molar-refractivity contribution in [1.82, 2.24) is 0 Å². The number of hydrogen-bond donors (Lipinski definition) is 0. The van der Waals surface area contributed by atoms with E-state index in [1.807, 2.05) is 0 Å². The van der Waals surface area contributed by atoms with Crippen LogP contribution in [0.1, 0.15) is 156 Å². The average molecular weight is 593 g/mol. The van der Waals surface area contributed by atoms with E-state index in [-0.39, 0.29) is 34.7 Å². The molecule has 4 heteroatoms. The van der Waals surface area contributed by atoms with Crippen molar-refractivity contribution in [2.24, 2.45) is 28.6 Å². The molecule has 0 aliphatic heterocycles. The minimum absolute atomic E-state index is 0.00433. The minimum Gasteiger partial charge on any atom is -0.458 e. The highest BCUT2D eigenvalue weighted by Gasteiger charge is 2.61. The highest BCUT2D eigenvalue weighted by molar-refractivity contribution is 5.91. The van der Waals surface area contributed by atoms with Crippen molar-refractivity contribution >= 4 is 17.5 Å². The zero-order valence-corrected chi connectivity index (χ0v) is 27.7. The van der Waals surface area contributed by atoms with E-state index in [9.17, 15) is 14.4 Å². The molecule has 0 aromatic heterocycles. The molecule has 0 amide bonds. The normalized spacial score (nSPS) is 32.1. The van der Waals surface area contributed by atoms with Gasteiger partial charge in [0.1, 0.15) is 17.7 Å². The molecule has 0 aromatic carbocycles. The van der Waals surface area contributed by atoms with E-state index in [4.69, 9.17) is 4.74 Å². The second-order valence-electron chi connectivity index (χ2n) is 14.7. The maximum Gasteiger partial charge on any atom is 0.306 e. The first-order valence-electron chi connectivity index (χ1n) is 18.1. The predicted octanol–water partition coefficient (Wildman–Crippen LogP) is 10.2. The molecule has 3 unspecified atom stereocenters. The van der Waals surface area contributed by atoms with Crippen molar-refractivity contribution in [2.45, 2.75) is 162 Å². The quantitative estimate of drug-likeness (QED) is 0.0958. The summed E-state index contributed by atoms with van der Waals surface area (Å²) < 4.78 is 5.90. The van der Waals surface area contributed by atoms with E-state index >= 15 is 0 Å². The molecule has 43 heavy (non-hydrogen) atoms. The number of hydrogen-bond acceptors (Lipinski definition) is 4. The number of carbonyl (C=O) groups is 3. The van der Waals surface area contributed by atoms with Gasteiger partial charge in [-0.15, -0.1) is 0 Å². The summed E-state index contributed by atoms with van der Waals surface area (Å²) in [7, 11) is 0. The summed E-state index contributed by atoms with van der Waals surface area (Å²) in [5, 5.41) is 0. The van der Waals surface area contributed by atoms with Crippen LogP contribution in [0.2, 0.25) is 0 Å².